The molecule has 0 aliphatic carbocycles. The molecule has 180 valence electrons. The summed E-state index contributed by atoms with van der Waals surface area (Å²) in [6, 6.07) is 10.3. The van der Waals surface area contributed by atoms with Gasteiger partial charge in [0.1, 0.15) is 21.7 Å². The summed E-state index contributed by atoms with van der Waals surface area (Å²) in [6.45, 7) is 0. The fourth-order valence-electron chi connectivity index (χ4n) is 2.76. The summed E-state index contributed by atoms with van der Waals surface area (Å²) < 4.78 is 105. The monoisotopic (exact) mass is 559 g/mol. The molecule has 3 rings (SSSR count). The minimum absolute atomic E-state index is 0.0757. The van der Waals surface area contributed by atoms with Crippen molar-refractivity contribution in [2.75, 3.05) is 0 Å². The molecule has 0 bridgehead atoms. The van der Waals surface area contributed by atoms with Crippen molar-refractivity contribution >= 4 is 44.8 Å². The second-order valence-electron chi connectivity index (χ2n) is 6.52. The predicted molar refractivity (Wildman–Crippen MR) is 113 cm³/mol. The molecule has 0 aliphatic rings. The summed E-state index contributed by atoms with van der Waals surface area (Å²) in [5, 5.41) is 10.9. The molecule has 0 saturated carbocycles. The highest BCUT2D eigenvalue weighted by Gasteiger charge is 2.51. The first-order chi connectivity index (χ1) is 15.7. The number of nitrogens with zero attached hydrogens (tertiary/aromatic N) is 3. The smallest absolute Gasteiger partial charge is 0.221 e. The van der Waals surface area contributed by atoms with Crippen LogP contribution in [0.3, 0.4) is 0 Å². The van der Waals surface area contributed by atoms with Crippen LogP contribution in [-0.2, 0) is 21.8 Å². The van der Waals surface area contributed by atoms with Crippen LogP contribution in [0.15, 0.2) is 52.4 Å². The van der Waals surface area contributed by atoms with E-state index in [9.17, 15) is 40.0 Å². The van der Waals surface area contributed by atoms with Crippen molar-refractivity contribution in [2.24, 2.45) is 0 Å². The van der Waals surface area contributed by atoms with Crippen molar-refractivity contribution in [3.05, 3.63) is 69.3 Å². The van der Waals surface area contributed by atoms with Gasteiger partial charge in [0.15, 0.2) is 5.69 Å². The van der Waals surface area contributed by atoms with Crippen molar-refractivity contribution in [2.45, 2.75) is 27.4 Å². The van der Waals surface area contributed by atoms with Crippen LogP contribution in [0.4, 0.5) is 26.3 Å². The van der Waals surface area contributed by atoms with Gasteiger partial charge in [0.25, 0.3) is 9.84 Å². The van der Waals surface area contributed by atoms with Gasteiger partial charge in [-0.3, -0.25) is 0 Å². The van der Waals surface area contributed by atoms with E-state index in [-0.39, 0.29) is 5.75 Å². The Labute approximate surface area is 202 Å². The highest BCUT2D eigenvalue weighted by atomic mass is 35.5. The number of benzene rings is 2. The predicted octanol–water partition coefficient (Wildman–Crippen LogP) is 6.66. The number of halogens is 8. The summed E-state index contributed by atoms with van der Waals surface area (Å²) >= 11 is 12.5. The molecule has 0 N–H and O–H groups in total. The summed E-state index contributed by atoms with van der Waals surface area (Å²) in [7, 11) is -6.09. The maximum atomic E-state index is 13.4. The van der Waals surface area contributed by atoms with E-state index in [4.69, 9.17) is 23.2 Å². The molecule has 0 aliphatic heterocycles. The molecule has 0 fully saturated rings. The van der Waals surface area contributed by atoms with Crippen LogP contribution in [0.25, 0.3) is 5.69 Å². The quantitative estimate of drug-likeness (QED) is 0.258. The van der Waals surface area contributed by atoms with Gasteiger partial charge >= 0.3 is 11.7 Å². The maximum absolute atomic E-state index is 13.4. The molecule has 15 heteroatoms. The van der Waals surface area contributed by atoms with Gasteiger partial charge in [0, 0.05) is 5.75 Å². The van der Waals surface area contributed by atoms with Crippen LogP contribution in [0.5, 0.6) is 0 Å². The van der Waals surface area contributed by atoms with Gasteiger partial charge in [-0.15, -0.1) is 11.8 Å². The van der Waals surface area contributed by atoms with Gasteiger partial charge in [-0.25, -0.2) is 13.1 Å². The minimum Gasteiger partial charge on any atom is -0.221 e. The topological polar surface area (TPSA) is 75.8 Å². The zero-order valence-corrected chi connectivity index (χ0v) is 19.4. The molecule has 1 aromatic heterocycles. The molecule has 0 saturated heterocycles. The van der Waals surface area contributed by atoms with E-state index in [1.807, 2.05) is 0 Å². The number of sulfone groups is 1. The van der Waals surface area contributed by atoms with Gasteiger partial charge < -0.3 is 0 Å². The summed E-state index contributed by atoms with van der Waals surface area (Å²) in [4.78, 5) is -1.45. The Bertz CT molecular complexity index is 1360. The zero-order chi connectivity index (χ0) is 25.5. The Hall–Kier alpha value is -2.40. The highest BCUT2D eigenvalue weighted by Crippen LogP contribution is 2.43. The third-order valence-corrected chi connectivity index (χ3v) is 7.62. The van der Waals surface area contributed by atoms with Crippen LogP contribution in [-0.4, -0.2) is 23.7 Å². The molecular formula is C19H9Cl2F6N3O2S2. The third-order valence-electron chi connectivity index (χ3n) is 4.26. The summed E-state index contributed by atoms with van der Waals surface area (Å²) in [5.74, 6) is -0.0757. The molecule has 3 aromatic rings. The lowest BCUT2D eigenvalue weighted by Gasteiger charge is -2.15. The number of thioether (sulfide) groups is 1. The number of alkyl halides is 6. The first-order valence-electron chi connectivity index (χ1n) is 8.76. The summed E-state index contributed by atoms with van der Waals surface area (Å²) in [5.41, 5.74) is -8.12. The molecule has 34 heavy (non-hydrogen) atoms. The number of nitriles is 1. The maximum Gasteiger partial charge on any atom is 0.502 e. The van der Waals surface area contributed by atoms with Crippen molar-refractivity contribution < 1.29 is 34.8 Å². The largest absolute Gasteiger partial charge is 0.502 e. The number of hydrogen-bond donors (Lipinski definition) is 0. The standard InChI is InChI=1S/C19H9Cl2F6N3O2S2/c20-12-6-11(18(22,23)24)7-13(21)15(12)30-17(33-9-10-4-2-1-3-5-10)16(14(8-28)29-30)34(31,32)19(25,26)27/h1-7H,9H2. The third kappa shape index (κ3) is 5.00. The molecule has 1 heterocycles. The Morgan fingerprint density at radius 1 is 1.03 bits per heavy atom. The van der Waals surface area contributed by atoms with E-state index in [0.29, 0.717) is 34.1 Å². The lowest BCUT2D eigenvalue weighted by Crippen LogP contribution is -2.24. The van der Waals surface area contributed by atoms with Crippen molar-refractivity contribution in [1.82, 2.24) is 9.78 Å². The molecule has 0 atom stereocenters. The van der Waals surface area contributed by atoms with Crippen LogP contribution < -0.4 is 0 Å². The van der Waals surface area contributed by atoms with Crippen LogP contribution in [0.1, 0.15) is 16.8 Å². The second-order valence-corrected chi connectivity index (χ2v) is 10.2. The SMILES string of the molecule is N#Cc1nn(-c2c(Cl)cc(C(F)(F)F)cc2Cl)c(SCc2ccccc2)c1S(=O)(=O)C(F)(F)F. The number of rotatable bonds is 5. The Balaban J connectivity index is 2.31. The molecule has 2 aromatic carbocycles. The zero-order valence-electron chi connectivity index (χ0n) is 16.2. The van der Waals surface area contributed by atoms with Gasteiger partial charge in [0.05, 0.1) is 15.6 Å². The Morgan fingerprint density at radius 3 is 2.06 bits per heavy atom. The normalized spacial score (nSPS) is 12.6. The van der Waals surface area contributed by atoms with Crippen molar-refractivity contribution in [1.29, 1.82) is 5.26 Å². The van der Waals surface area contributed by atoms with Crippen molar-refractivity contribution in [3.63, 3.8) is 0 Å². The lowest BCUT2D eigenvalue weighted by atomic mass is 10.2. The fraction of sp³-hybridized carbons (Fsp3) is 0.158. The molecule has 0 spiro atoms. The Kier molecular flexibility index (Phi) is 7.19. The van der Waals surface area contributed by atoms with Gasteiger partial charge in [-0.05, 0) is 17.7 Å². The molecule has 0 radical (unpaired) electrons. The van der Waals surface area contributed by atoms with Crippen LogP contribution in [0.2, 0.25) is 10.0 Å². The Morgan fingerprint density at radius 2 is 1.59 bits per heavy atom. The van der Waals surface area contributed by atoms with Crippen LogP contribution in [0, 0.1) is 11.3 Å². The molecular weight excluding hydrogens is 551 g/mol. The van der Waals surface area contributed by atoms with Gasteiger partial charge in [-0.2, -0.15) is 36.7 Å². The average molecular weight is 560 g/mol. The molecule has 0 unspecified atom stereocenters. The van der Waals surface area contributed by atoms with E-state index < -0.39 is 58.4 Å². The highest BCUT2D eigenvalue weighted by molar-refractivity contribution is 7.99. The lowest BCUT2D eigenvalue weighted by molar-refractivity contribution is -0.137. The number of hydrogen-bond acceptors (Lipinski definition) is 5. The van der Waals surface area contributed by atoms with Gasteiger partial charge in [0.2, 0.25) is 0 Å². The first-order valence-corrected chi connectivity index (χ1v) is 12.0. The van der Waals surface area contributed by atoms with E-state index in [1.165, 1.54) is 6.07 Å². The van der Waals surface area contributed by atoms with Gasteiger partial charge in [-0.1, -0.05) is 53.5 Å². The van der Waals surface area contributed by atoms with E-state index in [0.717, 1.165) is 0 Å². The molecule has 0 amide bonds. The first kappa shape index (κ1) is 26.2. The van der Waals surface area contributed by atoms with E-state index in [2.05, 4.69) is 5.10 Å². The van der Waals surface area contributed by atoms with Crippen molar-refractivity contribution in [3.8, 4) is 11.8 Å². The summed E-state index contributed by atoms with van der Waals surface area (Å²) in [6.07, 6.45) is -4.84. The average Bonchev–Trinajstić information content (AvgIpc) is 3.10. The van der Waals surface area contributed by atoms with Crippen LogP contribution >= 0.6 is 35.0 Å². The van der Waals surface area contributed by atoms with E-state index >= 15 is 0 Å². The van der Waals surface area contributed by atoms with E-state index in [1.54, 1.807) is 30.3 Å². The number of aromatic nitrogens is 2. The fourth-order valence-corrected chi connectivity index (χ4v) is 5.77. The second kappa shape index (κ2) is 9.33. The minimum atomic E-state index is -6.09. The molecule has 5 nitrogen and oxygen atoms in total.